The van der Waals surface area contributed by atoms with Gasteiger partial charge in [0.15, 0.2) is 9.84 Å². The Bertz CT molecular complexity index is 1970. The molecule has 2 aliphatic heterocycles. The maximum absolute atomic E-state index is 14.3. The lowest BCUT2D eigenvalue weighted by Gasteiger charge is -2.28. The van der Waals surface area contributed by atoms with Crippen LogP contribution < -0.4 is 20.9 Å². The number of aromatic nitrogens is 1. The second-order valence-electron chi connectivity index (χ2n) is 11.6. The Morgan fingerprint density at radius 1 is 1.00 bits per heavy atom. The molecule has 1 aliphatic carbocycles. The van der Waals surface area contributed by atoms with Gasteiger partial charge >= 0.3 is 6.09 Å². The number of sulfone groups is 1. The number of hydrogen-bond donors (Lipinski definition) is 3. The molecule has 0 radical (unpaired) electrons. The molecule has 2 amide bonds. The Labute approximate surface area is 260 Å². The summed E-state index contributed by atoms with van der Waals surface area (Å²) >= 11 is 0. The van der Waals surface area contributed by atoms with Crippen LogP contribution in [0, 0.1) is 0 Å². The van der Waals surface area contributed by atoms with Crippen LogP contribution in [0.25, 0.3) is 10.8 Å². The van der Waals surface area contributed by atoms with E-state index in [-0.39, 0.29) is 35.4 Å². The first-order valence-corrected chi connectivity index (χ1v) is 16.2. The fraction of sp³-hybridized carbons (Fsp3) is 0.303. The van der Waals surface area contributed by atoms with Gasteiger partial charge in [0.25, 0.3) is 5.56 Å². The van der Waals surface area contributed by atoms with Gasteiger partial charge in [-0.15, -0.1) is 0 Å². The maximum Gasteiger partial charge on any atom is 0.411 e. The van der Waals surface area contributed by atoms with E-state index >= 15 is 0 Å². The molecule has 3 N–H and O–H groups in total. The monoisotopic (exact) mass is 630 g/mol. The van der Waals surface area contributed by atoms with Crippen molar-refractivity contribution in [2.75, 3.05) is 31.4 Å². The van der Waals surface area contributed by atoms with Gasteiger partial charge in [0.1, 0.15) is 11.8 Å². The number of amides is 2. The number of pyridine rings is 1. The Balaban J connectivity index is 1.45. The number of aromatic amines is 1. The minimum absolute atomic E-state index is 0.0491. The fourth-order valence-corrected chi connectivity index (χ4v) is 7.52. The number of nitrogens with zero attached hydrogens (tertiary/aromatic N) is 1. The average molecular weight is 631 g/mol. The van der Waals surface area contributed by atoms with E-state index in [2.05, 4.69) is 15.6 Å². The van der Waals surface area contributed by atoms with E-state index in [9.17, 15) is 22.8 Å². The van der Waals surface area contributed by atoms with Gasteiger partial charge in [-0.05, 0) is 71.8 Å². The summed E-state index contributed by atoms with van der Waals surface area (Å²) in [6.45, 7) is 1.90. The van der Waals surface area contributed by atoms with Crippen LogP contribution in [0.15, 0.2) is 76.6 Å². The van der Waals surface area contributed by atoms with Gasteiger partial charge < -0.3 is 24.7 Å². The quantitative estimate of drug-likeness (QED) is 0.281. The molecule has 7 rings (SSSR count). The molecule has 3 aliphatic rings. The lowest BCUT2D eigenvalue weighted by atomic mass is 9.96. The van der Waals surface area contributed by atoms with Crippen molar-refractivity contribution in [3.05, 3.63) is 93.9 Å². The largest absolute Gasteiger partial charge is 0.496 e. The van der Waals surface area contributed by atoms with E-state index in [4.69, 9.17) is 9.47 Å². The molecule has 4 aromatic rings. The van der Waals surface area contributed by atoms with E-state index < -0.39 is 27.2 Å². The van der Waals surface area contributed by atoms with Crippen LogP contribution in [0.1, 0.15) is 48.4 Å². The van der Waals surface area contributed by atoms with Crippen molar-refractivity contribution in [3.8, 4) is 5.75 Å². The van der Waals surface area contributed by atoms with Crippen molar-refractivity contribution in [2.45, 2.75) is 48.4 Å². The number of fused-ring (bicyclic) bond motifs is 10. The molecular weight excluding hydrogens is 596 g/mol. The van der Waals surface area contributed by atoms with Gasteiger partial charge in [0.2, 0.25) is 5.91 Å². The van der Waals surface area contributed by atoms with Crippen LogP contribution >= 0.6 is 0 Å². The molecule has 2 atom stereocenters. The number of hydrogen-bond acceptors (Lipinski definition) is 8. The number of H-pyrrole nitrogens is 1. The number of benzene rings is 3. The van der Waals surface area contributed by atoms with Crippen LogP contribution in [0.4, 0.5) is 16.2 Å². The zero-order valence-corrected chi connectivity index (χ0v) is 25.9. The Kier molecular flexibility index (Phi) is 8.00. The van der Waals surface area contributed by atoms with Gasteiger partial charge in [0.05, 0.1) is 23.9 Å². The summed E-state index contributed by atoms with van der Waals surface area (Å²) in [6, 6.07) is 16.1. The first-order valence-electron chi connectivity index (χ1n) is 14.7. The van der Waals surface area contributed by atoms with E-state index in [1.807, 2.05) is 13.0 Å². The smallest absolute Gasteiger partial charge is 0.411 e. The van der Waals surface area contributed by atoms with Crippen molar-refractivity contribution in [2.24, 2.45) is 0 Å². The highest BCUT2D eigenvalue weighted by Crippen LogP contribution is 2.37. The SMILES string of the molecule is COc1cc2ccc1[C@@H](C)COC(=O)Nc1ccc(S(=O)(=O)C3CC3)c(c1)CN(C)C(=O)[C@@H]2Nc1ccc2cc[nH]c(=O)c2c1. The second-order valence-corrected chi connectivity index (χ2v) is 13.8. The standard InChI is InChI=1S/C33H34N4O7S/c1-19-18-44-33(40)36-23-7-11-29(45(41,42)25-8-9-25)22(14-23)17-37(2)32(39)30(21-5-10-26(19)28(15-21)43-3)35-24-6-4-20-12-13-34-31(38)27(20)16-24/h4-7,10-16,19,25,30,35H,8-9,17-18H2,1-3H3,(H,34,38)(H,36,40)/t19-,30+/m0/s1. The number of nitrogens with one attached hydrogen (secondary N) is 3. The Hall–Kier alpha value is -4.84. The number of carbonyl (C=O) groups is 2. The van der Waals surface area contributed by atoms with Crippen LogP contribution in [0.5, 0.6) is 5.75 Å². The maximum atomic E-state index is 14.3. The lowest BCUT2D eigenvalue weighted by molar-refractivity contribution is -0.131. The van der Waals surface area contributed by atoms with Crippen LogP contribution in [-0.2, 0) is 25.9 Å². The van der Waals surface area contributed by atoms with Crippen molar-refractivity contribution in [3.63, 3.8) is 0 Å². The molecule has 234 valence electrons. The zero-order valence-electron chi connectivity index (χ0n) is 25.1. The van der Waals surface area contributed by atoms with Crippen molar-refractivity contribution < 1.29 is 27.5 Å². The lowest BCUT2D eigenvalue weighted by Crippen LogP contribution is -2.35. The molecule has 4 bridgehead atoms. The molecule has 12 heteroatoms. The third-order valence-corrected chi connectivity index (χ3v) is 10.6. The van der Waals surface area contributed by atoms with Crippen molar-refractivity contribution in [1.82, 2.24) is 9.88 Å². The molecule has 11 nitrogen and oxygen atoms in total. The number of rotatable bonds is 5. The Morgan fingerprint density at radius 2 is 1.80 bits per heavy atom. The highest BCUT2D eigenvalue weighted by molar-refractivity contribution is 7.92. The van der Waals surface area contributed by atoms with E-state index in [1.54, 1.807) is 55.7 Å². The number of ether oxygens (including phenoxy) is 2. The summed E-state index contributed by atoms with van der Waals surface area (Å²) in [5.41, 5.74) is 2.40. The first-order chi connectivity index (χ1) is 21.5. The third-order valence-electron chi connectivity index (χ3n) is 8.28. The number of anilines is 2. The molecule has 3 heterocycles. The van der Waals surface area contributed by atoms with Crippen LogP contribution in [0.2, 0.25) is 0 Å². The predicted molar refractivity (Wildman–Crippen MR) is 170 cm³/mol. The van der Waals surface area contributed by atoms with Gasteiger partial charge in [0, 0.05) is 48.0 Å². The molecule has 45 heavy (non-hydrogen) atoms. The topological polar surface area (TPSA) is 147 Å². The first kappa shape index (κ1) is 30.2. The van der Waals surface area contributed by atoms with E-state index in [1.165, 1.54) is 24.1 Å². The third kappa shape index (κ3) is 6.10. The average Bonchev–Trinajstić information content (AvgIpc) is 3.88. The molecule has 0 spiro atoms. The number of carbonyl (C=O) groups excluding carboxylic acids is 2. The molecule has 1 saturated carbocycles. The minimum atomic E-state index is -3.62. The summed E-state index contributed by atoms with van der Waals surface area (Å²) in [6.07, 6.45) is 2.06. The second kappa shape index (κ2) is 11.9. The van der Waals surface area contributed by atoms with Crippen LogP contribution in [-0.4, -0.2) is 56.3 Å². The molecule has 3 aromatic carbocycles. The van der Waals surface area contributed by atoms with Crippen molar-refractivity contribution in [1.29, 1.82) is 0 Å². The van der Waals surface area contributed by atoms with Gasteiger partial charge in [-0.3, -0.25) is 14.9 Å². The predicted octanol–water partition coefficient (Wildman–Crippen LogP) is 4.95. The molecular formula is C33H34N4O7S. The Morgan fingerprint density at radius 3 is 2.56 bits per heavy atom. The van der Waals surface area contributed by atoms with Crippen molar-refractivity contribution >= 4 is 44.0 Å². The number of likely N-dealkylation sites (N-methyl/N-ethyl adjacent to an activating group) is 1. The highest BCUT2D eigenvalue weighted by atomic mass is 32.2. The van der Waals surface area contributed by atoms with E-state index in [0.717, 1.165) is 10.9 Å². The summed E-state index contributed by atoms with van der Waals surface area (Å²) in [7, 11) is -0.497. The molecule has 1 aromatic heterocycles. The summed E-state index contributed by atoms with van der Waals surface area (Å²) in [4.78, 5) is 43.8. The summed E-state index contributed by atoms with van der Waals surface area (Å²) in [5, 5.41) is 6.75. The normalized spacial score (nSPS) is 19.2. The summed E-state index contributed by atoms with van der Waals surface area (Å²) in [5.74, 6) is -0.0813. The molecule has 0 unspecified atom stereocenters. The fourth-order valence-electron chi connectivity index (χ4n) is 5.66. The van der Waals surface area contributed by atoms with Gasteiger partial charge in [-0.2, -0.15) is 0 Å². The number of methoxy groups -OCH3 is 1. The zero-order chi connectivity index (χ0) is 31.9. The molecule has 0 saturated heterocycles. The minimum Gasteiger partial charge on any atom is -0.496 e. The highest BCUT2D eigenvalue weighted by Gasteiger charge is 2.38. The van der Waals surface area contributed by atoms with Gasteiger partial charge in [-0.1, -0.05) is 25.1 Å². The van der Waals surface area contributed by atoms with Gasteiger partial charge in [-0.25, -0.2) is 13.2 Å². The van der Waals surface area contributed by atoms with Crippen LogP contribution in [0.3, 0.4) is 0 Å². The molecule has 1 fully saturated rings. The summed E-state index contributed by atoms with van der Waals surface area (Å²) < 4.78 is 38.0. The van der Waals surface area contributed by atoms with E-state index in [0.29, 0.717) is 46.5 Å².